The Hall–Kier alpha value is -1.20. The zero-order valence-electron chi connectivity index (χ0n) is 7.58. The molecule has 4 N–H and O–H groups in total. The largest absolute Gasteiger partial charge is 0.348 e. The summed E-state index contributed by atoms with van der Waals surface area (Å²) in [5.74, 6) is 0.0112. The Kier molecular flexibility index (Phi) is 3.60. The first-order valence-corrected chi connectivity index (χ1v) is 4.14. The van der Waals surface area contributed by atoms with Gasteiger partial charge in [0.2, 0.25) is 0 Å². The number of rotatable bonds is 5. The monoisotopic (exact) mass is 182 g/mol. The highest BCUT2D eigenvalue weighted by molar-refractivity contribution is 5.85. The molecule has 72 valence electrons. The van der Waals surface area contributed by atoms with Gasteiger partial charge in [-0.05, 0) is 7.05 Å². The number of aromatic nitrogens is 2. The summed E-state index contributed by atoms with van der Waals surface area (Å²) in [4.78, 5) is 18.0. The first-order valence-electron chi connectivity index (χ1n) is 4.14. The molecule has 1 aromatic rings. The summed E-state index contributed by atoms with van der Waals surface area (Å²) in [6, 6.07) is -0.451. The molecule has 0 aromatic carbocycles. The third-order valence-corrected chi connectivity index (χ3v) is 1.76. The summed E-state index contributed by atoms with van der Waals surface area (Å²) >= 11 is 0. The Balaban J connectivity index is 2.41. The van der Waals surface area contributed by atoms with Crippen LogP contribution in [0.1, 0.15) is 5.69 Å². The quantitative estimate of drug-likeness (QED) is 0.549. The Morgan fingerprint density at radius 1 is 1.85 bits per heavy atom. The van der Waals surface area contributed by atoms with Crippen molar-refractivity contribution in [2.75, 3.05) is 13.6 Å². The summed E-state index contributed by atoms with van der Waals surface area (Å²) < 4.78 is 0. The molecular weight excluding hydrogens is 168 g/mol. The summed E-state index contributed by atoms with van der Waals surface area (Å²) in [6.45, 7) is 0.315. The topological polar surface area (TPSA) is 83.8 Å². The van der Waals surface area contributed by atoms with Gasteiger partial charge in [-0.3, -0.25) is 4.79 Å². The number of likely N-dealkylation sites (N-methyl/N-ethyl adjacent to an activating group) is 1. The fourth-order valence-electron chi connectivity index (χ4n) is 1.05. The Morgan fingerprint density at radius 2 is 2.62 bits per heavy atom. The minimum absolute atomic E-state index is 0.0112. The van der Waals surface area contributed by atoms with Gasteiger partial charge in [0.25, 0.3) is 0 Å². The highest BCUT2D eigenvalue weighted by Crippen LogP contribution is 1.96. The van der Waals surface area contributed by atoms with Crippen molar-refractivity contribution in [1.29, 1.82) is 0 Å². The van der Waals surface area contributed by atoms with E-state index < -0.39 is 6.04 Å². The number of ketones is 1. The van der Waals surface area contributed by atoms with Crippen LogP contribution in [-0.4, -0.2) is 35.4 Å². The second-order valence-corrected chi connectivity index (χ2v) is 2.88. The molecule has 0 spiro atoms. The molecule has 0 radical (unpaired) electrons. The van der Waals surface area contributed by atoms with E-state index in [-0.39, 0.29) is 5.78 Å². The van der Waals surface area contributed by atoms with Gasteiger partial charge < -0.3 is 16.0 Å². The number of H-pyrrole nitrogens is 1. The summed E-state index contributed by atoms with van der Waals surface area (Å²) in [6.07, 6.45) is 3.76. The number of aromatic amines is 1. The SMILES string of the molecule is CNCC(=O)[C@@H](N)Cc1cnc[nH]1. The molecule has 0 aliphatic carbocycles. The van der Waals surface area contributed by atoms with E-state index >= 15 is 0 Å². The fourth-order valence-corrected chi connectivity index (χ4v) is 1.05. The van der Waals surface area contributed by atoms with Crippen molar-refractivity contribution >= 4 is 5.78 Å². The molecule has 1 heterocycles. The lowest BCUT2D eigenvalue weighted by Crippen LogP contribution is -2.38. The van der Waals surface area contributed by atoms with Crippen LogP contribution in [-0.2, 0) is 11.2 Å². The molecule has 0 aliphatic heterocycles. The van der Waals surface area contributed by atoms with Gasteiger partial charge in [0.15, 0.2) is 5.78 Å². The fraction of sp³-hybridized carbons (Fsp3) is 0.500. The lowest BCUT2D eigenvalue weighted by molar-refractivity contribution is -0.119. The highest BCUT2D eigenvalue weighted by Gasteiger charge is 2.13. The number of carbonyl (C=O) groups is 1. The molecule has 5 heteroatoms. The summed E-state index contributed by atoms with van der Waals surface area (Å²) in [7, 11) is 1.72. The molecule has 0 aliphatic rings. The minimum atomic E-state index is -0.451. The Morgan fingerprint density at radius 3 is 3.15 bits per heavy atom. The predicted octanol–water partition coefficient (Wildman–Crippen LogP) is -0.932. The smallest absolute Gasteiger partial charge is 0.163 e. The second-order valence-electron chi connectivity index (χ2n) is 2.88. The van der Waals surface area contributed by atoms with Crippen LogP contribution in [0.3, 0.4) is 0 Å². The van der Waals surface area contributed by atoms with Crippen LogP contribution in [0.2, 0.25) is 0 Å². The first-order chi connectivity index (χ1) is 6.24. The van der Waals surface area contributed by atoms with E-state index in [2.05, 4.69) is 15.3 Å². The van der Waals surface area contributed by atoms with Gasteiger partial charge in [0, 0.05) is 18.3 Å². The summed E-state index contributed by atoms with van der Waals surface area (Å²) in [5.41, 5.74) is 6.54. The van der Waals surface area contributed by atoms with Crippen molar-refractivity contribution in [3.8, 4) is 0 Å². The maximum absolute atomic E-state index is 11.2. The van der Waals surface area contributed by atoms with Crippen molar-refractivity contribution in [3.05, 3.63) is 18.2 Å². The number of nitrogens with two attached hydrogens (primary N) is 1. The number of nitrogens with one attached hydrogen (secondary N) is 2. The van der Waals surface area contributed by atoms with E-state index in [1.54, 1.807) is 19.6 Å². The molecule has 13 heavy (non-hydrogen) atoms. The van der Waals surface area contributed by atoms with Crippen molar-refractivity contribution < 1.29 is 4.79 Å². The van der Waals surface area contributed by atoms with Crippen LogP contribution in [0.5, 0.6) is 0 Å². The van der Waals surface area contributed by atoms with E-state index in [0.717, 1.165) is 5.69 Å². The van der Waals surface area contributed by atoms with E-state index in [0.29, 0.717) is 13.0 Å². The van der Waals surface area contributed by atoms with Crippen LogP contribution in [0.4, 0.5) is 0 Å². The molecule has 1 aromatic heterocycles. The van der Waals surface area contributed by atoms with E-state index in [4.69, 9.17) is 5.73 Å². The van der Waals surface area contributed by atoms with Gasteiger partial charge in [-0.15, -0.1) is 0 Å². The van der Waals surface area contributed by atoms with Crippen molar-refractivity contribution in [1.82, 2.24) is 15.3 Å². The number of imidazole rings is 1. The zero-order chi connectivity index (χ0) is 9.68. The van der Waals surface area contributed by atoms with Gasteiger partial charge in [-0.25, -0.2) is 4.98 Å². The third-order valence-electron chi connectivity index (χ3n) is 1.76. The number of Topliss-reactive ketones (excluding diaryl/α,β-unsaturated/α-hetero) is 1. The van der Waals surface area contributed by atoms with Crippen LogP contribution in [0, 0.1) is 0 Å². The van der Waals surface area contributed by atoms with Gasteiger partial charge in [0.05, 0.1) is 18.9 Å². The van der Waals surface area contributed by atoms with Gasteiger partial charge in [0.1, 0.15) is 0 Å². The first kappa shape index (κ1) is 9.88. The Bertz CT molecular complexity index is 257. The average Bonchev–Trinajstić information content (AvgIpc) is 2.57. The maximum atomic E-state index is 11.2. The number of nitrogens with zero attached hydrogens (tertiary/aromatic N) is 1. The second kappa shape index (κ2) is 4.74. The lowest BCUT2D eigenvalue weighted by Gasteiger charge is -2.07. The normalized spacial score (nSPS) is 12.8. The molecule has 0 unspecified atom stereocenters. The van der Waals surface area contributed by atoms with E-state index in [1.807, 2.05) is 0 Å². The summed E-state index contributed by atoms with van der Waals surface area (Å²) in [5, 5.41) is 2.77. The molecule has 0 saturated carbocycles. The molecule has 0 fully saturated rings. The molecule has 1 atom stereocenters. The molecule has 0 bridgehead atoms. The Labute approximate surface area is 76.7 Å². The van der Waals surface area contributed by atoms with Gasteiger partial charge >= 0.3 is 0 Å². The predicted molar refractivity (Wildman–Crippen MR) is 49.2 cm³/mol. The number of hydrogen-bond donors (Lipinski definition) is 3. The van der Waals surface area contributed by atoms with E-state index in [9.17, 15) is 4.79 Å². The molecule has 0 amide bonds. The van der Waals surface area contributed by atoms with Crippen molar-refractivity contribution in [3.63, 3.8) is 0 Å². The van der Waals surface area contributed by atoms with Crippen LogP contribution in [0.15, 0.2) is 12.5 Å². The molecule has 1 rings (SSSR count). The maximum Gasteiger partial charge on any atom is 0.163 e. The molecule has 5 nitrogen and oxygen atoms in total. The number of carbonyl (C=O) groups excluding carboxylic acids is 1. The van der Waals surface area contributed by atoms with Gasteiger partial charge in [-0.2, -0.15) is 0 Å². The number of hydrogen-bond acceptors (Lipinski definition) is 4. The van der Waals surface area contributed by atoms with Crippen LogP contribution < -0.4 is 11.1 Å². The molecular formula is C8H14N4O. The zero-order valence-corrected chi connectivity index (χ0v) is 7.58. The lowest BCUT2D eigenvalue weighted by atomic mass is 10.1. The van der Waals surface area contributed by atoms with Crippen molar-refractivity contribution in [2.24, 2.45) is 5.73 Å². The average molecular weight is 182 g/mol. The van der Waals surface area contributed by atoms with Crippen molar-refractivity contribution in [2.45, 2.75) is 12.5 Å². The third kappa shape index (κ3) is 2.96. The van der Waals surface area contributed by atoms with Gasteiger partial charge in [-0.1, -0.05) is 0 Å². The molecule has 0 saturated heterocycles. The minimum Gasteiger partial charge on any atom is -0.348 e. The standard InChI is InChI=1S/C8H14N4O/c1-10-4-8(13)7(9)2-6-3-11-5-12-6/h3,5,7,10H,2,4,9H2,1H3,(H,11,12)/t7-/m0/s1. The highest BCUT2D eigenvalue weighted by atomic mass is 16.1. The van der Waals surface area contributed by atoms with Crippen LogP contribution in [0.25, 0.3) is 0 Å². The van der Waals surface area contributed by atoms with Crippen LogP contribution >= 0.6 is 0 Å². The van der Waals surface area contributed by atoms with E-state index in [1.165, 1.54) is 0 Å².